The van der Waals surface area contributed by atoms with E-state index in [2.05, 4.69) is 17.2 Å². The van der Waals surface area contributed by atoms with Crippen LogP contribution in [0.15, 0.2) is 30.5 Å². The minimum absolute atomic E-state index is 0. The summed E-state index contributed by atoms with van der Waals surface area (Å²) < 4.78 is 0. The normalized spacial score (nSPS) is 10.2. The Labute approximate surface area is 135 Å². The van der Waals surface area contributed by atoms with E-state index < -0.39 is 0 Å². The molecule has 6 heteroatoms. The fraction of sp³-hybridized carbons (Fsp3) is 0.333. The van der Waals surface area contributed by atoms with E-state index in [1.165, 1.54) is 0 Å². The van der Waals surface area contributed by atoms with Crippen molar-refractivity contribution >= 4 is 34.1 Å². The van der Waals surface area contributed by atoms with E-state index in [0.717, 1.165) is 36.0 Å². The highest BCUT2D eigenvalue weighted by atomic mass is 35.5. The van der Waals surface area contributed by atoms with E-state index in [4.69, 9.17) is 11.6 Å². The van der Waals surface area contributed by atoms with Crippen LogP contribution in [0.2, 0.25) is 5.02 Å². The number of nitrogens with zero attached hydrogens (tertiary/aromatic N) is 1. The Morgan fingerprint density at radius 1 is 1.38 bits per heavy atom. The molecule has 1 aromatic carbocycles. The first-order valence-corrected chi connectivity index (χ1v) is 7.22. The van der Waals surface area contributed by atoms with Gasteiger partial charge in [-0.1, -0.05) is 24.9 Å². The number of nitrogens with two attached hydrogens (primary N) is 1. The van der Waals surface area contributed by atoms with Crippen molar-refractivity contribution in [1.29, 1.82) is 0 Å². The van der Waals surface area contributed by atoms with E-state index in [1.807, 2.05) is 29.6 Å². The maximum Gasteiger partial charge on any atom is 0.275 e. The van der Waals surface area contributed by atoms with Gasteiger partial charge in [-0.25, -0.2) is 0 Å². The van der Waals surface area contributed by atoms with Crippen molar-refractivity contribution in [2.45, 2.75) is 19.8 Å². The first-order valence-electron chi connectivity index (χ1n) is 6.85. The van der Waals surface area contributed by atoms with Crippen LogP contribution in [0, 0.1) is 0 Å². The average Bonchev–Trinajstić information content (AvgIpc) is 2.45. The summed E-state index contributed by atoms with van der Waals surface area (Å²) in [5.74, 6) is 0.0531. The highest BCUT2D eigenvalue weighted by Crippen LogP contribution is 2.21. The topological polar surface area (TPSA) is 58.6 Å². The molecular formula is C15H19Cl2N3O. The molecule has 0 aliphatic carbocycles. The quantitative estimate of drug-likeness (QED) is 0.669. The summed E-state index contributed by atoms with van der Waals surface area (Å²) in [6.07, 6.45) is 3.83. The minimum Gasteiger partial charge on any atom is -1.00 e. The number of halogens is 2. The van der Waals surface area contributed by atoms with E-state index in [0.29, 0.717) is 11.6 Å². The molecule has 0 radical (unpaired) electrons. The van der Waals surface area contributed by atoms with Crippen molar-refractivity contribution in [3.8, 4) is 0 Å². The number of carbonyl (C=O) groups excluding carboxylic acids is 1. The molecule has 0 atom stereocenters. The van der Waals surface area contributed by atoms with Gasteiger partial charge in [-0.05, 0) is 24.6 Å². The van der Waals surface area contributed by atoms with E-state index in [1.54, 1.807) is 6.20 Å². The third-order valence-electron chi connectivity index (χ3n) is 3.10. The predicted octanol–water partition coefficient (Wildman–Crippen LogP) is -0.997. The number of carbonyl (C=O) groups is 1. The maximum absolute atomic E-state index is 11.7. The van der Waals surface area contributed by atoms with Crippen LogP contribution in [-0.4, -0.2) is 24.0 Å². The molecule has 2 rings (SSSR count). The van der Waals surface area contributed by atoms with Gasteiger partial charge < -0.3 is 23.0 Å². The Morgan fingerprint density at radius 2 is 2.19 bits per heavy atom. The number of hydrogen-bond acceptors (Lipinski definition) is 2. The number of aromatic nitrogens is 1. The Balaban J connectivity index is 0.00000220. The maximum atomic E-state index is 11.7. The summed E-state index contributed by atoms with van der Waals surface area (Å²) in [6.45, 7) is 3.23. The lowest BCUT2D eigenvalue weighted by molar-refractivity contribution is -0.558. The van der Waals surface area contributed by atoms with Gasteiger partial charge in [0.1, 0.15) is 5.69 Å². The van der Waals surface area contributed by atoms with Crippen LogP contribution in [0.3, 0.4) is 0 Å². The van der Waals surface area contributed by atoms with Gasteiger partial charge in [-0.15, -0.1) is 0 Å². The average molecular weight is 328 g/mol. The van der Waals surface area contributed by atoms with Crippen LogP contribution in [0.4, 0.5) is 5.69 Å². The number of rotatable bonds is 6. The number of fused-ring (bicyclic) bond motifs is 1. The second-order valence-electron chi connectivity index (χ2n) is 4.67. The lowest BCUT2D eigenvalue weighted by Gasteiger charge is -2.06. The molecule has 0 unspecified atom stereocenters. The molecule has 1 aromatic heterocycles. The van der Waals surface area contributed by atoms with Crippen molar-refractivity contribution < 1.29 is 22.5 Å². The second-order valence-corrected chi connectivity index (χ2v) is 5.11. The van der Waals surface area contributed by atoms with Crippen LogP contribution in [0.25, 0.3) is 10.9 Å². The van der Waals surface area contributed by atoms with Gasteiger partial charge in [0.25, 0.3) is 5.91 Å². The number of amides is 1. The molecule has 4 nitrogen and oxygen atoms in total. The van der Waals surface area contributed by atoms with Gasteiger partial charge in [0.2, 0.25) is 0 Å². The summed E-state index contributed by atoms with van der Waals surface area (Å²) in [6, 6.07) is 7.51. The molecule has 0 saturated heterocycles. The number of benzene rings is 1. The monoisotopic (exact) mass is 327 g/mol. The van der Waals surface area contributed by atoms with Crippen LogP contribution >= 0.6 is 11.6 Å². The zero-order valence-corrected chi connectivity index (χ0v) is 13.4. The number of unbranched alkanes of at least 4 members (excludes halogenated alkanes) is 1. The Bertz CT molecular complexity index is 604. The molecule has 21 heavy (non-hydrogen) atoms. The molecule has 1 heterocycles. The third-order valence-corrected chi connectivity index (χ3v) is 3.33. The molecule has 0 aliphatic heterocycles. The standard InChI is InChI=1S/C15H18ClN3O.ClH/c1-2-3-7-18-15(20)10-19-13-6-8-17-14-9-11(16)4-5-12(13)14;/h4-6,8-9H,2-3,7,10H2,1H3,(H,17,19)(H,18,20);1H. The number of nitrogens with one attached hydrogen (secondary N) is 1. The van der Waals surface area contributed by atoms with Crippen molar-refractivity contribution in [2.75, 3.05) is 13.1 Å². The molecule has 114 valence electrons. The Hall–Kier alpha value is -1.36. The summed E-state index contributed by atoms with van der Waals surface area (Å²) in [4.78, 5) is 16.0. The largest absolute Gasteiger partial charge is 1.00 e. The zero-order chi connectivity index (χ0) is 14.4. The number of quaternary nitrogens is 1. The van der Waals surface area contributed by atoms with Gasteiger partial charge in [-0.2, -0.15) is 0 Å². The summed E-state index contributed by atoms with van der Waals surface area (Å²) >= 11 is 5.96. The first-order chi connectivity index (χ1) is 9.70. The van der Waals surface area contributed by atoms with Gasteiger partial charge >= 0.3 is 0 Å². The summed E-state index contributed by atoms with van der Waals surface area (Å²) in [7, 11) is 0. The van der Waals surface area contributed by atoms with Crippen LogP contribution in [-0.2, 0) is 4.79 Å². The molecule has 0 saturated carbocycles. The van der Waals surface area contributed by atoms with Crippen molar-refractivity contribution in [3.63, 3.8) is 0 Å². The van der Waals surface area contributed by atoms with E-state index in [-0.39, 0.29) is 18.3 Å². The molecule has 1 amide bonds. The molecule has 2 aromatic rings. The molecule has 0 bridgehead atoms. The molecule has 0 aliphatic rings. The van der Waals surface area contributed by atoms with Gasteiger partial charge in [-0.3, -0.25) is 9.78 Å². The minimum atomic E-state index is 0. The summed E-state index contributed by atoms with van der Waals surface area (Å²) in [5, 5.41) is 6.51. The van der Waals surface area contributed by atoms with Gasteiger partial charge in [0, 0.05) is 23.8 Å². The molecule has 0 spiro atoms. The summed E-state index contributed by atoms with van der Waals surface area (Å²) in [5.41, 5.74) is 1.86. The predicted molar refractivity (Wildman–Crippen MR) is 81.1 cm³/mol. The number of pyridine rings is 1. The SMILES string of the molecule is CCCCNC(=O)C[NH2+]c1ccnc2cc(Cl)ccc12.[Cl-]. The highest BCUT2D eigenvalue weighted by molar-refractivity contribution is 6.31. The third kappa shape index (κ3) is 5.16. The van der Waals surface area contributed by atoms with E-state index >= 15 is 0 Å². The Morgan fingerprint density at radius 3 is 2.95 bits per heavy atom. The smallest absolute Gasteiger partial charge is 0.275 e. The van der Waals surface area contributed by atoms with Gasteiger partial charge in [0.15, 0.2) is 6.54 Å². The number of hydrogen-bond donors (Lipinski definition) is 2. The molecule has 0 fully saturated rings. The van der Waals surface area contributed by atoms with Crippen molar-refractivity contribution in [3.05, 3.63) is 35.5 Å². The van der Waals surface area contributed by atoms with Crippen molar-refractivity contribution in [2.24, 2.45) is 0 Å². The molecular weight excluding hydrogens is 309 g/mol. The van der Waals surface area contributed by atoms with E-state index in [9.17, 15) is 4.79 Å². The van der Waals surface area contributed by atoms with Crippen LogP contribution < -0.4 is 23.0 Å². The second kappa shape index (κ2) is 8.82. The lowest BCUT2D eigenvalue weighted by atomic mass is 10.2. The zero-order valence-electron chi connectivity index (χ0n) is 11.9. The molecule has 3 N–H and O–H groups in total. The van der Waals surface area contributed by atoms with Crippen molar-refractivity contribution in [1.82, 2.24) is 10.3 Å². The van der Waals surface area contributed by atoms with Gasteiger partial charge in [0.05, 0.1) is 10.9 Å². The lowest BCUT2D eigenvalue weighted by Crippen LogP contribution is -3.00. The highest BCUT2D eigenvalue weighted by Gasteiger charge is 2.08. The van der Waals surface area contributed by atoms with Crippen LogP contribution in [0.1, 0.15) is 19.8 Å². The first kappa shape index (κ1) is 17.7. The van der Waals surface area contributed by atoms with Crippen LogP contribution in [0.5, 0.6) is 0 Å². The Kier molecular flexibility index (Phi) is 7.43. The fourth-order valence-electron chi connectivity index (χ4n) is 2.00. The fourth-order valence-corrected chi connectivity index (χ4v) is 2.17.